The summed E-state index contributed by atoms with van der Waals surface area (Å²) >= 11 is 0. The van der Waals surface area contributed by atoms with Gasteiger partial charge in [0.2, 0.25) is 0 Å². The fraction of sp³-hybridized carbons (Fsp3) is 0.214. The summed E-state index contributed by atoms with van der Waals surface area (Å²) in [6, 6.07) is 11.3. The van der Waals surface area contributed by atoms with E-state index in [1.807, 2.05) is 30.3 Å². The number of benzene rings is 1. The number of nitrogens with zero attached hydrogens (tertiary/aromatic N) is 1. The lowest BCUT2D eigenvalue weighted by atomic mass is 9.89. The zero-order valence-corrected chi connectivity index (χ0v) is 9.92. The van der Waals surface area contributed by atoms with Gasteiger partial charge in [-0.1, -0.05) is 30.3 Å². The quantitative estimate of drug-likeness (QED) is 0.878. The van der Waals surface area contributed by atoms with Crippen molar-refractivity contribution in [2.24, 2.45) is 0 Å². The number of hydrogen-bond acceptors (Lipinski definition) is 3. The predicted octanol–water partition coefficient (Wildman–Crippen LogP) is 2.35. The summed E-state index contributed by atoms with van der Waals surface area (Å²) in [7, 11) is 1.58. The van der Waals surface area contributed by atoms with Gasteiger partial charge in [-0.3, -0.25) is 4.98 Å². The Bertz CT molecular complexity index is 495. The van der Waals surface area contributed by atoms with Crippen LogP contribution in [0, 0.1) is 0 Å². The fourth-order valence-corrected chi connectivity index (χ4v) is 1.73. The Morgan fingerprint density at radius 2 is 1.82 bits per heavy atom. The van der Waals surface area contributed by atoms with Gasteiger partial charge < -0.3 is 9.84 Å². The molecule has 0 radical (unpaired) electrons. The molecular weight excluding hydrogens is 214 g/mol. The van der Waals surface area contributed by atoms with Crippen molar-refractivity contribution in [3.8, 4) is 5.75 Å². The second kappa shape index (κ2) is 4.55. The van der Waals surface area contributed by atoms with Crippen LogP contribution in [0.25, 0.3) is 0 Å². The summed E-state index contributed by atoms with van der Waals surface area (Å²) < 4.78 is 5.11. The summed E-state index contributed by atoms with van der Waals surface area (Å²) in [5.41, 5.74) is 0.473. The van der Waals surface area contributed by atoms with Crippen LogP contribution < -0.4 is 4.74 Å². The van der Waals surface area contributed by atoms with Gasteiger partial charge in [-0.15, -0.1) is 0 Å². The van der Waals surface area contributed by atoms with Gasteiger partial charge in [0, 0.05) is 11.8 Å². The molecule has 0 saturated heterocycles. The van der Waals surface area contributed by atoms with Crippen LogP contribution in [0.1, 0.15) is 18.1 Å². The summed E-state index contributed by atoms with van der Waals surface area (Å²) in [6.07, 6.45) is 3.26. The molecule has 1 heterocycles. The number of aliphatic hydroxyl groups is 1. The molecule has 0 aliphatic rings. The molecule has 2 rings (SSSR count). The summed E-state index contributed by atoms with van der Waals surface area (Å²) in [4.78, 5) is 4.06. The van der Waals surface area contributed by atoms with Crippen LogP contribution >= 0.6 is 0 Å². The SMILES string of the molecule is COc1cncc(C(C)(O)c2ccccc2)c1. The molecule has 0 amide bonds. The molecule has 1 aromatic carbocycles. The lowest BCUT2D eigenvalue weighted by molar-refractivity contribution is 0.101. The third kappa shape index (κ3) is 2.29. The summed E-state index contributed by atoms with van der Waals surface area (Å²) in [6.45, 7) is 1.75. The van der Waals surface area contributed by atoms with E-state index in [0.29, 0.717) is 11.3 Å². The maximum absolute atomic E-state index is 10.6. The molecule has 1 atom stereocenters. The van der Waals surface area contributed by atoms with Gasteiger partial charge >= 0.3 is 0 Å². The molecule has 3 heteroatoms. The minimum absolute atomic E-state index is 0.638. The van der Waals surface area contributed by atoms with Gasteiger partial charge in [0.1, 0.15) is 11.4 Å². The van der Waals surface area contributed by atoms with E-state index < -0.39 is 5.60 Å². The van der Waals surface area contributed by atoms with Crippen LogP contribution in [-0.2, 0) is 5.60 Å². The Morgan fingerprint density at radius 3 is 2.47 bits per heavy atom. The zero-order chi connectivity index (χ0) is 12.3. The lowest BCUT2D eigenvalue weighted by Gasteiger charge is -2.24. The molecular formula is C14H15NO2. The number of aromatic nitrogens is 1. The molecule has 0 fully saturated rings. The maximum Gasteiger partial charge on any atom is 0.137 e. The van der Waals surface area contributed by atoms with Crippen molar-refractivity contribution in [1.29, 1.82) is 0 Å². The molecule has 1 unspecified atom stereocenters. The summed E-state index contributed by atoms with van der Waals surface area (Å²) in [5.74, 6) is 0.638. The summed E-state index contributed by atoms with van der Waals surface area (Å²) in [5, 5.41) is 10.6. The molecule has 1 aromatic heterocycles. The fourth-order valence-electron chi connectivity index (χ4n) is 1.73. The number of pyridine rings is 1. The molecule has 2 aromatic rings. The Hall–Kier alpha value is -1.87. The zero-order valence-electron chi connectivity index (χ0n) is 9.92. The molecule has 17 heavy (non-hydrogen) atoms. The first-order chi connectivity index (χ1) is 8.14. The molecule has 0 aliphatic carbocycles. The highest BCUT2D eigenvalue weighted by Crippen LogP contribution is 2.29. The number of rotatable bonds is 3. The molecule has 3 nitrogen and oxygen atoms in total. The number of methoxy groups -OCH3 is 1. The van der Waals surface area contributed by atoms with Crippen LogP contribution in [0.15, 0.2) is 48.8 Å². The van der Waals surface area contributed by atoms with E-state index in [9.17, 15) is 5.11 Å². The molecule has 0 aliphatic heterocycles. The van der Waals surface area contributed by atoms with E-state index in [1.165, 1.54) is 0 Å². The average molecular weight is 229 g/mol. The minimum Gasteiger partial charge on any atom is -0.495 e. The topological polar surface area (TPSA) is 42.4 Å². The Morgan fingerprint density at radius 1 is 1.12 bits per heavy atom. The van der Waals surface area contributed by atoms with E-state index in [0.717, 1.165) is 5.56 Å². The third-order valence-corrected chi connectivity index (χ3v) is 2.85. The second-order valence-corrected chi connectivity index (χ2v) is 4.05. The monoisotopic (exact) mass is 229 g/mol. The van der Waals surface area contributed by atoms with Crippen LogP contribution in [-0.4, -0.2) is 17.2 Å². The van der Waals surface area contributed by atoms with Crippen molar-refractivity contribution in [2.75, 3.05) is 7.11 Å². The van der Waals surface area contributed by atoms with Crippen molar-refractivity contribution in [3.05, 3.63) is 59.9 Å². The van der Waals surface area contributed by atoms with Crippen molar-refractivity contribution in [1.82, 2.24) is 4.98 Å². The van der Waals surface area contributed by atoms with Gasteiger partial charge in [-0.2, -0.15) is 0 Å². The highest BCUT2D eigenvalue weighted by Gasteiger charge is 2.26. The number of hydrogen-bond donors (Lipinski definition) is 1. The second-order valence-electron chi connectivity index (χ2n) is 4.05. The minimum atomic E-state index is -1.07. The molecule has 0 spiro atoms. The van der Waals surface area contributed by atoms with Gasteiger partial charge in [0.05, 0.1) is 13.3 Å². The largest absolute Gasteiger partial charge is 0.495 e. The number of ether oxygens (including phenoxy) is 1. The van der Waals surface area contributed by atoms with Gasteiger partial charge in [-0.05, 0) is 18.6 Å². The highest BCUT2D eigenvalue weighted by molar-refractivity contribution is 5.36. The van der Waals surface area contributed by atoms with E-state index in [4.69, 9.17) is 4.74 Å². The van der Waals surface area contributed by atoms with Crippen LogP contribution in [0.4, 0.5) is 0 Å². The van der Waals surface area contributed by atoms with Crippen molar-refractivity contribution in [2.45, 2.75) is 12.5 Å². The van der Waals surface area contributed by atoms with Crippen LogP contribution in [0.5, 0.6) is 5.75 Å². The normalized spacial score (nSPS) is 14.1. The van der Waals surface area contributed by atoms with Crippen molar-refractivity contribution in [3.63, 3.8) is 0 Å². The van der Waals surface area contributed by atoms with E-state index in [1.54, 1.807) is 32.5 Å². The molecule has 0 bridgehead atoms. The first-order valence-corrected chi connectivity index (χ1v) is 5.42. The third-order valence-electron chi connectivity index (χ3n) is 2.85. The predicted molar refractivity (Wildman–Crippen MR) is 65.9 cm³/mol. The molecule has 0 saturated carbocycles. The van der Waals surface area contributed by atoms with Crippen LogP contribution in [0.3, 0.4) is 0 Å². The van der Waals surface area contributed by atoms with Crippen molar-refractivity contribution >= 4 is 0 Å². The highest BCUT2D eigenvalue weighted by atomic mass is 16.5. The Kier molecular flexibility index (Phi) is 3.11. The van der Waals surface area contributed by atoms with Gasteiger partial charge in [0.15, 0.2) is 0 Å². The van der Waals surface area contributed by atoms with Gasteiger partial charge in [0.25, 0.3) is 0 Å². The first-order valence-electron chi connectivity index (χ1n) is 5.42. The van der Waals surface area contributed by atoms with E-state index in [-0.39, 0.29) is 0 Å². The molecule has 88 valence electrons. The van der Waals surface area contributed by atoms with Crippen LogP contribution in [0.2, 0.25) is 0 Å². The van der Waals surface area contributed by atoms with E-state index in [2.05, 4.69) is 4.98 Å². The standard InChI is InChI=1S/C14H15NO2/c1-14(16,11-6-4-3-5-7-11)12-8-13(17-2)10-15-9-12/h3-10,16H,1-2H3. The Labute approximate surface area is 101 Å². The molecule has 1 N–H and O–H groups in total. The smallest absolute Gasteiger partial charge is 0.137 e. The maximum atomic E-state index is 10.6. The lowest BCUT2D eigenvalue weighted by Crippen LogP contribution is -2.22. The first kappa shape index (κ1) is 11.6. The van der Waals surface area contributed by atoms with Gasteiger partial charge in [-0.25, -0.2) is 0 Å². The van der Waals surface area contributed by atoms with E-state index >= 15 is 0 Å². The Balaban J connectivity index is 2.44. The average Bonchev–Trinajstić information content (AvgIpc) is 2.40. The van der Waals surface area contributed by atoms with Crippen molar-refractivity contribution < 1.29 is 9.84 Å².